The first-order valence-corrected chi connectivity index (χ1v) is 5.53. The minimum Gasteiger partial charge on any atom is -0.315 e. The smallest absolute Gasteiger partial charge is 0.0226 e. The van der Waals surface area contributed by atoms with Crippen LogP contribution in [0.15, 0.2) is 0 Å². The third kappa shape index (κ3) is 2.96. The van der Waals surface area contributed by atoms with Crippen molar-refractivity contribution in [2.24, 2.45) is 0 Å². The van der Waals surface area contributed by atoms with Crippen LogP contribution in [0.2, 0.25) is 0 Å². The van der Waals surface area contributed by atoms with Crippen molar-refractivity contribution in [3.05, 3.63) is 0 Å². The maximum Gasteiger partial charge on any atom is 0.0226 e. The lowest BCUT2D eigenvalue weighted by atomic mass is 9.98. The van der Waals surface area contributed by atoms with Gasteiger partial charge in [0.1, 0.15) is 0 Å². The zero-order valence-electron chi connectivity index (χ0n) is 9.56. The Balaban J connectivity index is 2.54. The summed E-state index contributed by atoms with van der Waals surface area (Å²) in [5.74, 6) is 0. The fraction of sp³-hybridized carbons (Fsp3) is 1.00. The topological polar surface area (TPSA) is 15.3 Å². The van der Waals surface area contributed by atoms with Crippen LogP contribution < -0.4 is 5.32 Å². The normalized spacial score (nSPS) is 25.2. The van der Waals surface area contributed by atoms with Gasteiger partial charge in [-0.05, 0) is 46.7 Å². The number of nitrogens with one attached hydrogen (secondary N) is 1. The summed E-state index contributed by atoms with van der Waals surface area (Å²) in [6, 6.07) is 0.749. The first-order chi connectivity index (χ1) is 6.05. The Hall–Kier alpha value is -0.0800. The zero-order chi connectivity index (χ0) is 9.90. The lowest BCUT2D eigenvalue weighted by molar-refractivity contribution is 0.0734. The summed E-state index contributed by atoms with van der Waals surface area (Å²) in [5, 5.41) is 3.48. The molecule has 0 aliphatic carbocycles. The molecule has 0 amide bonds. The SMILES string of the molecule is CCN(C1CCCNC1)C(C)(C)C. The van der Waals surface area contributed by atoms with Gasteiger partial charge in [-0.25, -0.2) is 0 Å². The molecule has 1 aliphatic heterocycles. The van der Waals surface area contributed by atoms with Crippen LogP contribution in [0.3, 0.4) is 0 Å². The molecule has 0 saturated carbocycles. The van der Waals surface area contributed by atoms with E-state index in [9.17, 15) is 0 Å². The quantitative estimate of drug-likeness (QED) is 0.704. The number of hydrogen-bond donors (Lipinski definition) is 1. The van der Waals surface area contributed by atoms with Crippen molar-refractivity contribution in [2.45, 2.75) is 52.1 Å². The monoisotopic (exact) mass is 184 g/mol. The minimum absolute atomic E-state index is 0.318. The molecule has 0 aromatic rings. The third-order valence-electron chi connectivity index (χ3n) is 2.91. The standard InChI is InChI=1S/C11H24N2/c1-5-13(11(2,3)4)10-7-6-8-12-9-10/h10,12H,5-9H2,1-4H3. The van der Waals surface area contributed by atoms with Gasteiger partial charge in [0.2, 0.25) is 0 Å². The maximum absolute atomic E-state index is 3.48. The second-order valence-corrected chi connectivity index (χ2v) is 4.96. The van der Waals surface area contributed by atoms with Crippen LogP contribution in [0.25, 0.3) is 0 Å². The van der Waals surface area contributed by atoms with Gasteiger partial charge in [0.15, 0.2) is 0 Å². The summed E-state index contributed by atoms with van der Waals surface area (Å²) in [4.78, 5) is 2.61. The van der Waals surface area contributed by atoms with Gasteiger partial charge in [0.25, 0.3) is 0 Å². The van der Waals surface area contributed by atoms with E-state index >= 15 is 0 Å². The van der Waals surface area contributed by atoms with E-state index in [1.165, 1.54) is 25.9 Å². The third-order valence-corrected chi connectivity index (χ3v) is 2.91. The Morgan fingerprint density at radius 2 is 2.08 bits per heavy atom. The van der Waals surface area contributed by atoms with Crippen molar-refractivity contribution in [3.63, 3.8) is 0 Å². The Labute approximate surface area is 82.7 Å². The van der Waals surface area contributed by atoms with Crippen LogP contribution in [0.1, 0.15) is 40.5 Å². The molecule has 1 aliphatic rings. The molecule has 0 bridgehead atoms. The Kier molecular flexibility index (Phi) is 3.74. The Bertz CT molecular complexity index is 143. The van der Waals surface area contributed by atoms with Gasteiger partial charge < -0.3 is 5.32 Å². The number of rotatable bonds is 2. The summed E-state index contributed by atoms with van der Waals surface area (Å²) in [6.07, 6.45) is 2.69. The molecule has 2 nitrogen and oxygen atoms in total. The predicted molar refractivity (Wildman–Crippen MR) is 58.0 cm³/mol. The Morgan fingerprint density at radius 3 is 2.46 bits per heavy atom. The molecule has 1 atom stereocenters. The first kappa shape index (κ1) is 11.0. The van der Waals surface area contributed by atoms with Crippen molar-refractivity contribution in [1.29, 1.82) is 0 Å². The van der Waals surface area contributed by atoms with E-state index in [1.807, 2.05) is 0 Å². The summed E-state index contributed by atoms with van der Waals surface area (Å²) in [6.45, 7) is 12.7. The van der Waals surface area contributed by atoms with Gasteiger partial charge in [0, 0.05) is 18.1 Å². The van der Waals surface area contributed by atoms with Crippen LogP contribution in [-0.2, 0) is 0 Å². The van der Waals surface area contributed by atoms with Gasteiger partial charge in [-0.15, -0.1) is 0 Å². The molecule has 2 heteroatoms. The van der Waals surface area contributed by atoms with Crippen LogP contribution in [0.4, 0.5) is 0 Å². The van der Waals surface area contributed by atoms with Crippen LogP contribution in [0, 0.1) is 0 Å². The lowest BCUT2D eigenvalue weighted by Gasteiger charge is -2.42. The molecule has 1 N–H and O–H groups in total. The molecule has 78 valence electrons. The second-order valence-electron chi connectivity index (χ2n) is 4.96. The predicted octanol–water partition coefficient (Wildman–Crippen LogP) is 1.86. The molecule has 1 heterocycles. The fourth-order valence-corrected chi connectivity index (χ4v) is 2.38. The van der Waals surface area contributed by atoms with Crippen molar-refractivity contribution < 1.29 is 0 Å². The maximum atomic E-state index is 3.48. The minimum atomic E-state index is 0.318. The number of nitrogens with zero attached hydrogens (tertiary/aromatic N) is 1. The van der Waals surface area contributed by atoms with Gasteiger partial charge in [0.05, 0.1) is 0 Å². The largest absolute Gasteiger partial charge is 0.315 e. The van der Waals surface area contributed by atoms with Crippen molar-refractivity contribution in [3.8, 4) is 0 Å². The number of likely N-dealkylation sites (N-methyl/N-ethyl adjacent to an activating group) is 1. The van der Waals surface area contributed by atoms with E-state index < -0.39 is 0 Å². The molecule has 0 radical (unpaired) electrons. The van der Waals surface area contributed by atoms with Crippen LogP contribution in [-0.4, -0.2) is 36.1 Å². The fourth-order valence-electron chi connectivity index (χ4n) is 2.38. The van der Waals surface area contributed by atoms with E-state index in [2.05, 4.69) is 37.9 Å². The van der Waals surface area contributed by atoms with Crippen molar-refractivity contribution in [1.82, 2.24) is 10.2 Å². The number of hydrogen-bond acceptors (Lipinski definition) is 2. The van der Waals surface area contributed by atoms with Gasteiger partial charge in [-0.2, -0.15) is 0 Å². The van der Waals surface area contributed by atoms with E-state index in [0.717, 1.165) is 12.6 Å². The molecule has 1 unspecified atom stereocenters. The van der Waals surface area contributed by atoms with E-state index in [1.54, 1.807) is 0 Å². The average molecular weight is 184 g/mol. The molecule has 13 heavy (non-hydrogen) atoms. The summed E-state index contributed by atoms with van der Waals surface area (Å²) in [5.41, 5.74) is 0.318. The highest BCUT2D eigenvalue weighted by Gasteiger charge is 2.28. The molecule has 0 aromatic heterocycles. The van der Waals surface area contributed by atoms with Crippen molar-refractivity contribution >= 4 is 0 Å². The zero-order valence-corrected chi connectivity index (χ0v) is 9.56. The van der Waals surface area contributed by atoms with Crippen LogP contribution >= 0.6 is 0 Å². The molecule has 1 fully saturated rings. The second kappa shape index (κ2) is 4.43. The summed E-state index contributed by atoms with van der Waals surface area (Å²) < 4.78 is 0. The lowest BCUT2D eigenvalue weighted by Crippen LogP contribution is -2.53. The average Bonchev–Trinajstić information content (AvgIpc) is 2.05. The van der Waals surface area contributed by atoms with Gasteiger partial charge in [-0.3, -0.25) is 4.90 Å². The molecule has 1 saturated heterocycles. The summed E-state index contributed by atoms with van der Waals surface area (Å²) in [7, 11) is 0. The summed E-state index contributed by atoms with van der Waals surface area (Å²) >= 11 is 0. The van der Waals surface area contributed by atoms with Crippen LogP contribution in [0.5, 0.6) is 0 Å². The number of piperidine rings is 1. The van der Waals surface area contributed by atoms with Gasteiger partial charge in [-0.1, -0.05) is 6.92 Å². The molecule has 0 spiro atoms. The molecular weight excluding hydrogens is 160 g/mol. The highest BCUT2D eigenvalue weighted by atomic mass is 15.2. The van der Waals surface area contributed by atoms with E-state index in [-0.39, 0.29) is 0 Å². The van der Waals surface area contributed by atoms with Crippen molar-refractivity contribution in [2.75, 3.05) is 19.6 Å². The highest BCUT2D eigenvalue weighted by Crippen LogP contribution is 2.20. The van der Waals surface area contributed by atoms with Gasteiger partial charge >= 0.3 is 0 Å². The molecule has 1 rings (SSSR count). The highest BCUT2D eigenvalue weighted by molar-refractivity contribution is 4.85. The Morgan fingerprint density at radius 1 is 1.38 bits per heavy atom. The first-order valence-electron chi connectivity index (χ1n) is 5.53. The van der Waals surface area contributed by atoms with E-state index in [0.29, 0.717) is 5.54 Å². The molecular formula is C11H24N2. The van der Waals surface area contributed by atoms with E-state index in [4.69, 9.17) is 0 Å². The molecule has 0 aromatic carbocycles.